The van der Waals surface area contributed by atoms with Crippen LogP contribution in [0.5, 0.6) is 0 Å². The Hall–Kier alpha value is 0.683. The van der Waals surface area contributed by atoms with Crippen LogP contribution in [0.1, 0.15) is 0 Å². The smallest absolute Gasteiger partial charge is 0.154 e. The zero-order valence-electron chi connectivity index (χ0n) is 2.62. The number of nitrogens with zero attached hydrogens (tertiary/aromatic N) is 1. The molecule has 1 fully saturated rings. The third-order valence-electron chi connectivity index (χ3n) is 0.202. The minimum absolute atomic E-state index is 0. The van der Waals surface area contributed by atoms with Gasteiger partial charge in [-0.25, -0.2) is 0 Å². The van der Waals surface area contributed by atoms with E-state index in [9.17, 15) is 5.21 Å². The van der Waals surface area contributed by atoms with Gasteiger partial charge < -0.3 is 5.21 Å². The van der Waals surface area contributed by atoms with Crippen LogP contribution in [-0.2, 0) is 36.2 Å². The Balaban J connectivity index is 0.000000250. The second-order valence-electron chi connectivity index (χ2n) is 0.618. The standard InChI is InChI=1S/HNO4.Zr/c2-1(3)4-5-1;/h2H;. The van der Waals surface area contributed by atoms with Crippen LogP contribution in [0.15, 0.2) is 0 Å². The second-order valence-corrected chi connectivity index (χ2v) is 0.618. The van der Waals surface area contributed by atoms with Crippen molar-refractivity contribution in [2.75, 3.05) is 0 Å². The summed E-state index contributed by atoms with van der Waals surface area (Å²) in [6.45, 7) is 0. The van der Waals surface area contributed by atoms with E-state index in [1.807, 2.05) is 0 Å². The fraction of sp³-hybridized carbons (Fsp3) is 0. The Bertz CT molecular complexity index is 45.5. The van der Waals surface area contributed by atoms with E-state index < -0.39 is 5.14 Å². The minimum Gasteiger partial charge on any atom is -0.523 e. The molecular weight excluding hydrogens is 169 g/mol. The van der Waals surface area contributed by atoms with Crippen LogP contribution in [0.25, 0.3) is 0 Å². The maximum Gasteiger partial charge on any atom is 0.154 e. The second kappa shape index (κ2) is 1.65. The van der Waals surface area contributed by atoms with Gasteiger partial charge in [-0.1, -0.05) is 0 Å². The Morgan fingerprint density at radius 3 is 1.67 bits per heavy atom. The maximum absolute atomic E-state index is 9.26. The zero-order chi connectivity index (χ0) is 3.91. The predicted octanol–water partition coefficient (Wildman–Crippen LogP) is -0.520. The molecule has 0 aliphatic carbocycles. The minimum atomic E-state index is -2.00. The third-order valence-corrected chi connectivity index (χ3v) is 0.202. The summed E-state index contributed by atoms with van der Waals surface area (Å²) >= 11 is 0. The fourth-order valence-corrected chi connectivity index (χ4v) is 0.0285. The molecule has 0 aromatic rings. The average Bonchev–Trinajstić information content (AvgIpc) is 1.76. The maximum atomic E-state index is 9.26. The van der Waals surface area contributed by atoms with Crippen molar-refractivity contribution < 1.29 is 46.5 Å². The van der Waals surface area contributed by atoms with Crippen LogP contribution in [0.3, 0.4) is 0 Å². The van der Waals surface area contributed by atoms with Crippen molar-refractivity contribution in [3.63, 3.8) is 0 Å². The average molecular weight is 170 g/mol. The molecule has 0 aromatic carbocycles. The van der Waals surface area contributed by atoms with Crippen molar-refractivity contribution in [1.82, 2.24) is 0 Å². The van der Waals surface area contributed by atoms with Gasteiger partial charge in [0.15, 0.2) is 5.14 Å². The first kappa shape index (κ1) is 6.68. The molecule has 0 spiro atoms. The van der Waals surface area contributed by atoms with E-state index in [0.29, 0.717) is 0 Å². The van der Waals surface area contributed by atoms with Gasteiger partial charge in [0.05, 0.1) is 0 Å². The molecule has 0 saturated carbocycles. The molecule has 1 rings (SSSR count). The van der Waals surface area contributed by atoms with Crippen LogP contribution >= 0.6 is 0 Å². The molecule has 0 atom stereocenters. The summed E-state index contributed by atoms with van der Waals surface area (Å²) < 4.78 is 0. The summed E-state index contributed by atoms with van der Waals surface area (Å²) in [5.74, 6) is 0. The van der Waals surface area contributed by atoms with Gasteiger partial charge in [0, 0.05) is 26.2 Å². The van der Waals surface area contributed by atoms with Crippen LogP contribution in [-0.4, -0.2) is 10.3 Å². The molecule has 1 heterocycles. The van der Waals surface area contributed by atoms with E-state index in [1.165, 1.54) is 0 Å². The molecule has 6 heavy (non-hydrogen) atoms. The summed E-state index contributed by atoms with van der Waals surface area (Å²) in [4.78, 5) is 6.67. The molecule has 0 amide bonds. The van der Waals surface area contributed by atoms with Crippen molar-refractivity contribution in [3.8, 4) is 0 Å². The van der Waals surface area contributed by atoms with E-state index in [2.05, 4.69) is 9.98 Å². The topological polar surface area (TPSA) is 68.3 Å². The van der Waals surface area contributed by atoms with E-state index in [0.717, 1.165) is 0 Å². The van der Waals surface area contributed by atoms with Crippen molar-refractivity contribution in [1.29, 1.82) is 0 Å². The van der Waals surface area contributed by atoms with E-state index >= 15 is 0 Å². The Labute approximate surface area is 52.1 Å². The summed E-state index contributed by atoms with van der Waals surface area (Å²) in [5.41, 5.74) is 0. The third kappa shape index (κ3) is 1.97. The molecule has 1 saturated heterocycles. The first-order chi connectivity index (χ1) is 2.21. The van der Waals surface area contributed by atoms with Crippen molar-refractivity contribution in [2.24, 2.45) is 0 Å². The van der Waals surface area contributed by atoms with Crippen LogP contribution in [0.4, 0.5) is 0 Å². The van der Waals surface area contributed by atoms with Crippen LogP contribution in [0.2, 0.25) is 0 Å². The normalized spacial score (nSPS) is 25.0. The van der Waals surface area contributed by atoms with Gasteiger partial charge >= 0.3 is 0 Å². The number of hydrogen-bond acceptors (Lipinski definition) is 4. The molecule has 0 bridgehead atoms. The van der Waals surface area contributed by atoms with Crippen molar-refractivity contribution in [2.45, 2.75) is 0 Å². The molecule has 0 unspecified atom stereocenters. The van der Waals surface area contributed by atoms with E-state index in [4.69, 9.17) is 5.21 Å². The SMILES string of the molecule is [O-][N+]1(O)OO1.[Zr]. The predicted molar refractivity (Wildman–Crippen MR) is 7.58 cm³/mol. The molecule has 1 aliphatic rings. The van der Waals surface area contributed by atoms with Gasteiger partial charge in [-0.2, -0.15) is 0 Å². The summed E-state index contributed by atoms with van der Waals surface area (Å²) in [7, 11) is 0. The van der Waals surface area contributed by atoms with Gasteiger partial charge in [0.1, 0.15) is 9.98 Å². The van der Waals surface area contributed by atoms with Crippen molar-refractivity contribution in [3.05, 3.63) is 5.21 Å². The van der Waals surface area contributed by atoms with E-state index in [1.54, 1.807) is 0 Å². The fourth-order valence-electron chi connectivity index (χ4n) is 0.0285. The largest absolute Gasteiger partial charge is 0.523 e. The number of hydrogen-bond donors (Lipinski definition) is 1. The Morgan fingerprint density at radius 1 is 1.50 bits per heavy atom. The van der Waals surface area contributed by atoms with Gasteiger partial charge in [0.25, 0.3) is 0 Å². The molecule has 0 radical (unpaired) electrons. The molecule has 5 nitrogen and oxygen atoms in total. The first-order valence-electron chi connectivity index (χ1n) is 0.914. The monoisotopic (exact) mass is 169 g/mol. The molecule has 0 aromatic heterocycles. The van der Waals surface area contributed by atoms with Crippen molar-refractivity contribution >= 4 is 0 Å². The van der Waals surface area contributed by atoms with E-state index in [-0.39, 0.29) is 26.2 Å². The van der Waals surface area contributed by atoms with Gasteiger partial charge in [-0.15, -0.1) is 5.21 Å². The summed E-state index contributed by atoms with van der Waals surface area (Å²) in [5, 5.41) is 14.8. The molecule has 34 valence electrons. The van der Waals surface area contributed by atoms with Gasteiger partial charge in [0.2, 0.25) is 0 Å². The summed E-state index contributed by atoms with van der Waals surface area (Å²) in [6, 6.07) is 0. The molecule has 1 aliphatic heterocycles. The van der Waals surface area contributed by atoms with Gasteiger partial charge in [-0.3, -0.25) is 0 Å². The first-order valence-corrected chi connectivity index (χ1v) is 0.914. The Morgan fingerprint density at radius 2 is 1.67 bits per heavy atom. The van der Waals surface area contributed by atoms with Crippen LogP contribution < -0.4 is 0 Å². The Kier molecular flexibility index (Phi) is 1.84. The number of quaternary nitrogens is 1. The van der Waals surface area contributed by atoms with Crippen LogP contribution in [0, 0.1) is 5.21 Å². The summed E-state index contributed by atoms with van der Waals surface area (Å²) in [6.07, 6.45) is 0. The molecular formula is HNO4Zr. The molecule has 6 heteroatoms. The number of rotatable bonds is 0. The molecule has 1 N–H and O–H groups in total. The zero-order valence-corrected chi connectivity index (χ0v) is 5.08. The quantitative estimate of drug-likeness (QED) is 0.230. The van der Waals surface area contributed by atoms with Gasteiger partial charge in [-0.05, 0) is 0 Å².